The molecular formula is C6H13Cl2N5. The van der Waals surface area contributed by atoms with E-state index in [1.807, 2.05) is 4.68 Å². The largest absolute Gasteiger partial charge is 0.367 e. The Balaban J connectivity index is 0.000000720. The molecule has 1 saturated heterocycles. The molecule has 0 saturated carbocycles. The van der Waals surface area contributed by atoms with Crippen molar-refractivity contribution in [1.29, 1.82) is 0 Å². The molecule has 0 aliphatic carbocycles. The molecule has 5 nitrogen and oxygen atoms in total. The van der Waals surface area contributed by atoms with Gasteiger partial charge in [-0.25, -0.2) is 9.67 Å². The molecule has 1 atom stereocenters. The highest BCUT2D eigenvalue weighted by Crippen LogP contribution is 2.12. The summed E-state index contributed by atoms with van der Waals surface area (Å²) in [6, 6.07) is 0.444. The minimum atomic E-state index is 0. The van der Waals surface area contributed by atoms with Crippen molar-refractivity contribution < 1.29 is 0 Å². The number of aromatic nitrogens is 3. The Hall–Kier alpha value is -0.520. The molecule has 0 bridgehead atoms. The number of nitrogens with zero attached hydrogens (tertiary/aromatic N) is 3. The lowest BCUT2D eigenvalue weighted by Crippen LogP contribution is -2.13. The average Bonchev–Trinajstić information content (AvgIpc) is 2.55. The zero-order chi connectivity index (χ0) is 7.68. The van der Waals surface area contributed by atoms with Crippen LogP contribution in [-0.2, 0) is 0 Å². The predicted molar refractivity (Wildman–Crippen MR) is 55.5 cm³/mol. The maximum Gasteiger partial charge on any atom is 0.239 e. The van der Waals surface area contributed by atoms with E-state index in [0.29, 0.717) is 12.0 Å². The number of rotatable bonds is 1. The second kappa shape index (κ2) is 5.26. The first-order chi connectivity index (χ1) is 5.36. The van der Waals surface area contributed by atoms with Crippen LogP contribution >= 0.6 is 24.8 Å². The van der Waals surface area contributed by atoms with Crippen LogP contribution in [0, 0.1) is 0 Å². The summed E-state index contributed by atoms with van der Waals surface area (Å²) < 4.78 is 1.83. The van der Waals surface area contributed by atoms with E-state index >= 15 is 0 Å². The topological polar surface area (TPSA) is 68.8 Å². The molecule has 1 aliphatic rings. The summed E-state index contributed by atoms with van der Waals surface area (Å²) in [4.78, 5) is 3.86. The molecule has 1 fully saturated rings. The Morgan fingerprint density at radius 2 is 2.31 bits per heavy atom. The van der Waals surface area contributed by atoms with Crippen LogP contribution in [-0.4, -0.2) is 27.9 Å². The lowest BCUT2D eigenvalue weighted by atomic mass is 10.3. The second-order valence-electron chi connectivity index (χ2n) is 2.73. The van der Waals surface area contributed by atoms with Gasteiger partial charge in [0.2, 0.25) is 5.95 Å². The third-order valence-corrected chi connectivity index (χ3v) is 1.93. The van der Waals surface area contributed by atoms with Gasteiger partial charge in [0.05, 0.1) is 6.04 Å². The number of anilines is 1. The second-order valence-corrected chi connectivity index (χ2v) is 2.73. The van der Waals surface area contributed by atoms with Gasteiger partial charge in [0.1, 0.15) is 6.33 Å². The quantitative estimate of drug-likeness (QED) is 0.719. The molecule has 0 spiro atoms. The summed E-state index contributed by atoms with van der Waals surface area (Å²) >= 11 is 0. The number of nitrogens with two attached hydrogens (primary N) is 1. The van der Waals surface area contributed by atoms with Gasteiger partial charge in [-0.1, -0.05) is 0 Å². The lowest BCUT2D eigenvalue weighted by molar-refractivity contribution is 0.490. The summed E-state index contributed by atoms with van der Waals surface area (Å²) in [5.41, 5.74) is 5.38. The number of nitrogens with one attached hydrogen (secondary N) is 1. The first kappa shape index (κ1) is 12.5. The van der Waals surface area contributed by atoms with Gasteiger partial charge in [-0.3, -0.25) is 0 Å². The van der Waals surface area contributed by atoms with Crippen molar-refractivity contribution in [3.63, 3.8) is 0 Å². The van der Waals surface area contributed by atoms with Crippen molar-refractivity contribution in [2.45, 2.75) is 12.5 Å². The molecule has 3 N–H and O–H groups in total. The Morgan fingerprint density at radius 1 is 1.54 bits per heavy atom. The SMILES string of the molecule is Cl.Cl.Nc1ncn(C2CCNC2)n1. The van der Waals surface area contributed by atoms with Gasteiger partial charge in [-0.2, -0.15) is 0 Å². The van der Waals surface area contributed by atoms with Gasteiger partial charge in [0.25, 0.3) is 0 Å². The first-order valence-corrected chi connectivity index (χ1v) is 3.73. The molecule has 1 aliphatic heterocycles. The molecule has 76 valence electrons. The van der Waals surface area contributed by atoms with Crippen LogP contribution in [0.3, 0.4) is 0 Å². The summed E-state index contributed by atoms with van der Waals surface area (Å²) in [7, 11) is 0. The van der Waals surface area contributed by atoms with E-state index < -0.39 is 0 Å². The molecule has 1 unspecified atom stereocenters. The van der Waals surface area contributed by atoms with Crippen molar-refractivity contribution in [3.8, 4) is 0 Å². The highest BCUT2D eigenvalue weighted by molar-refractivity contribution is 5.85. The van der Waals surface area contributed by atoms with Crippen molar-refractivity contribution in [2.24, 2.45) is 0 Å². The van der Waals surface area contributed by atoms with Crippen molar-refractivity contribution >= 4 is 30.8 Å². The zero-order valence-electron chi connectivity index (χ0n) is 7.01. The van der Waals surface area contributed by atoms with Gasteiger partial charge in [-0.15, -0.1) is 29.9 Å². The van der Waals surface area contributed by atoms with Crippen LogP contribution < -0.4 is 11.1 Å². The molecule has 0 aromatic carbocycles. The van der Waals surface area contributed by atoms with Crippen molar-refractivity contribution in [1.82, 2.24) is 20.1 Å². The van der Waals surface area contributed by atoms with Crippen LogP contribution in [0.2, 0.25) is 0 Å². The minimum Gasteiger partial charge on any atom is -0.367 e. The van der Waals surface area contributed by atoms with Gasteiger partial charge in [-0.05, 0) is 13.0 Å². The summed E-state index contributed by atoms with van der Waals surface area (Å²) in [6.07, 6.45) is 2.80. The highest BCUT2D eigenvalue weighted by Gasteiger charge is 2.16. The number of nitrogen functional groups attached to an aromatic ring is 1. The molecule has 1 aromatic rings. The fraction of sp³-hybridized carbons (Fsp3) is 0.667. The summed E-state index contributed by atoms with van der Waals surface area (Å²) in [5, 5.41) is 7.29. The molecule has 2 heterocycles. The maximum absolute atomic E-state index is 5.38. The van der Waals surface area contributed by atoms with Crippen molar-refractivity contribution in [2.75, 3.05) is 18.8 Å². The number of hydrogen-bond acceptors (Lipinski definition) is 4. The molecule has 1 aromatic heterocycles. The van der Waals surface area contributed by atoms with Gasteiger partial charge in [0, 0.05) is 6.54 Å². The first-order valence-electron chi connectivity index (χ1n) is 3.73. The van der Waals surface area contributed by atoms with E-state index in [0.717, 1.165) is 19.5 Å². The number of hydrogen-bond donors (Lipinski definition) is 2. The van der Waals surface area contributed by atoms with Gasteiger partial charge >= 0.3 is 0 Å². The lowest BCUT2D eigenvalue weighted by Gasteiger charge is -2.05. The van der Waals surface area contributed by atoms with Crippen LogP contribution in [0.15, 0.2) is 6.33 Å². The van der Waals surface area contributed by atoms with E-state index in [9.17, 15) is 0 Å². The van der Waals surface area contributed by atoms with Crippen LogP contribution in [0.5, 0.6) is 0 Å². The zero-order valence-corrected chi connectivity index (χ0v) is 8.64. The predicted octanol–water partition coefficient (Wildman–Crippen LogP) is 0.238. The van der Waals surface area contributed by atoms with Crippen LogP contribution in [0.4, 0.5) is 5.95 Å². The molecule has 13 heavy (non-hydrogen) atoms. The van der Waals surface area contributed by atoms with Crippen LogP contribution in [0.25, 0.3) is 0 Å². The van der Waals surface area contributed by atoms with E-state index in [-0.39, 0.29) is 24.8 Å². The Morgan fingerprint density at radius 3 is 2.77 bits per heavy atom. The van der Waals surface area contributed by atoms with Crippen molar-refractivity contribution in [3.05, 3.63) is 6.33 Å². The third-order valence-electron chi connectivity index (χ3n) is 1.93. The standard InChI is InChI=1S/C6H11N5.2ClH/c7-6-9-4-11(10-6)5-1-2-8-3-5;;/h4-5,8H,1-3H2,(H2,7,10);2*1H. The Labute approximate surface area is 88.9 Å². The van der Waals surface area contributed by atoms with Gasteiger partial charge < -0.3 is 11.1 Å². The van der Waals surface area contributed by atoms with Gasteiger partial charge in [0.15, 0.2) is 0 Å². The van der Waals surface area contributed by atoms with E-state index in [1.165, 1.54) is 0 Å². The normalized spacial score (nSPS) is 20.5. The Bertz CT molecular complexity index is 245. The van der Waals surface area contributed by atoms with E-state index in [4.69, 9.17) is 5.73 Å². The maximum atomic E-state index is 5.38. The molecule has 7 heteroatoms. The fourth-order valence-electron chi connectivity index (χ4n) is 1.33. The van der Waals surface area contributed by atoms with E-state index in [2.05, 4.69) is 15.4 Å². The molecular weight excluding hydrogens is 213 g/mol. The average molecular weight is 226 g/mol. The molecule has 0 radical (unpaired) electrons. The third kappa shape index (κ3) is 2.72. The van der Waals surface area contributed by atoms with E-state index in [1.54, 1.807) is 6.33 Å². The smallest absolute Gasteiger partial charge is 0.239 e. The minimum absolute atomic E-state index is 0. The summed E-state index contributed by atoms with van der Waals surface area (Å²) in [5.74, 6) is 0.358. The monoisotopic (exact) mass is 225 g/mol. The summed E-state index contributed by atoms with van der Waals surface area (Å²) in [6.45, 7) is 2.03. The Kier molecular flexibility index (Phi) is 5.05. The molecule has 0 amide bonds. The highest BCUT2D eigenvalue weighted by atomic mass is 35.5. The van der Waals surface area contributed by atoms with Crippen LogP contribution in [0.1, 0.15) is 12.5 Å². The molecule has 2 rings (SSSR count). The number of halogens is 2. The fourth-order valence-corrected chi connectivity index (χ4v) is 1.33.